The largest absolute Gasteiger partial charge is 0.292 e. The molecule has 0 aliphatic carbocycles. The van der Waals surface area contributed by atoms with Crippen molar-refractivity contribution in [2.75, 3.05) is 6.61 Å². The molecule has 0 bridgehead atoms. The molecule has 2 N–H and O–H groups in total. The third-order valence-electron chi connectivity index (χ3n) is 1.66. The highest BCUT2D eigenvalue weighted by Gasteiger charge is 1.89. The Labute approximate surface area is 68.7 Å². The molecule has 0 aromatic carbocycles. The van der Waals surface area contributed by atoms with Gasteiger partial charge in [-0.05, 0) is 6.42 Å². The van der Waals surface area contributed by atoms with Gasteiger partial charge in [0.15, 0.2) is 0 Å². The molecule has 0 heterocycles. The standard InChI is InChI=1S/C8H19NO2/c1-2-3-4-5-6-7-8-11-9-10/h9-10H,2-8H2,1H3. The lowest BCUT2D eigenvalue weighted by Gasteiger charge is -1.99. The van der Waals surface area contributed by atoms with E-state index in [1.54, 1.807) is 5.64 Å². The van der Waals surface area contributed by atoms with Gasteiger partial charge in [0, 0.05) is 0 Å². The summed E-state index contributed by atoms with van der Waals surface area (Å²) < 4.78 is 0. The van der Waals surface area contributed by atoms with E-state index in [-0.39, 0.29) is 0 Å². The fraction of sp³-hybridized carbons (Fsp3) is 1.00. The summed E-state index contributed by atoms with van der Waals surface area (Å²) in [7, 11) is 0. The Morgan fingerprint density at radius 2 is 1.73 bits per heavy atom. The molecule has 0 aromatic heterocycles. The molecule has 0 unspecified atom stereocenters. The van der Waals surface area contributed by atoms with Crippen molar-refractivity contribution in [2.24, 2.45) is 0 Å². The van der Waals surface area contributed by atoms with E-state index in [1.807, 2.05) is 0 Å². The van der Waals surface area contributed by atoms with Gasteiger partial charge in [0.05, 0.1) is 6.61 Å². The summed E-state index contributed by atoms with van der Waals surface area (Å²) >= 11 is 0. The number of rotatable bonds is 8. The quantitative estimate of drug-likeness (QED) is 0.424. The van der Waals surface area contributed by atoms with Crippen molar-refractivity contribution in [3.05, 3.63) is 0 Å². The second-order valence-corrected chi connectivity index (χ2v) is 2.71. The van der Waals surface area contributed by atoms with Gasteiger partial charge < -0.3 is 0 Å². The number of nitrogens with one attached hydrogen (secondary N) is 1. The fourth-order valence-electron chi connectivity index (χ4n) is 1.00. The summed E-state index contributed by atoms with van der Waals surface area (Å²) in [5, 5.41) is 8.03. The van der Waals surface area contributed by atoms with Crippen LogP contribution in [0, 0.1) is 0 Å². The molecule has 0 atom stereocenters. The van der Waals surface area contributed by atoms with Gasteiger partial charge in [0.25, 0.3) is 0 Å². The van der Waals surface area contributed by atoms with E-state index in [2.05, 4.69) is 11.8 Å². The molecule has 3 heteroatoms. The molecule has 68 valence electrons. The zero-order valence-corrected chi connectivity index (χ0v) is 7.31. The predicted molar refractivity (Wildman–Crippen MR) is 44.3 cm³/mol. The monoisotopic (exact) mass is 161 g/mol. The van der Waals surface area contributed by atoms with Gasteiger partial charge in [-0.15, -0.1) is 0 Å². The van der Waals surface area contributed by atoms with E-state index in [1.165, 1.54) is 32.1 Å². The third-order valence-corrected chi connectivity index (χ3v) is 1.66. The number of hydrogen-bond acceptors (Lipinski definition) is 3. The first kappa shape index (κ1) is 10.9. The summed E-state index contributed by atoms with van der Waals surface area (Å²) in [5.41, 5.74) is 1.67. The van der Waals surface area contributed by atoms with E-state index in [4.69, 9.17) is 5.21 Å². The Kier molecular flexibility index (Phi) is 9.77. The maximum atomic E-state index is 8.03. The molecule has 3 nitrogen and oxygen atoms in total. The van der Waals surface area contributed by atoms with Crippen LogP contribution in [-0.4, -0.2) is 11.8 Å². The molecular weight excluding hydrogens is 142 g/mol. The lowest BCUT2D eigenvalue weighted by atomic mass is 10.1. The van der Waals surface area contributed by atoms with Crippen molar-refractivity contribution in [1.29, 1.82) is 0 Å². The molecule has 0 saturated carbocycles. The van der Waals surface area contributed by atoms with Crippen LogP contribution in [0.5, 0.6) is 0 Å². The Hall–Kier alpha value is -0.120. The van der Waals surface area contributed by atoms with Crippen LogP contribution >= 0.6 is 0 Å². The first-order valence-electron chi connectivity index (χ1n) is 4.42. The summed E-state index contributed by atoms with van der Waals surface area (Å²) in [6.45, 7) is 2.81. The summed E-state index contributed by atoms with van der Waals surface area (Å²) in [4.78, 5) is 4.55. The molecule has 11 heavy (non-hydrogen) atoms. The molecule has 0 rings (SSSR count). The zero-order valence-electron chi connectivity index (χ0n) is 7.31. The van der Waals surface area contributed by atoms with E-state index in [0.717, 1.165) is 6.42 Å². The molecule has 0 amide bonds. The Bertz CT molecular complexity index is 61.1. The van der Waals surface area contributed by atoms with Crippen molar-refractivity contribution < 1.29 is 10.0 Å². The lowest BCUT2D eigenvalue weighted by molar-refractivity contribution is -0.127. The van der Waals surface area contributed by atoms with Crippen molar-refractivity contribution in [1.82, 2.24) is 5.64 Å². The van der Waals surface area contributed by atoms with Crippen LogP contribution in [0.4, 0.5) is 0 Å². The van der Waals surface area contributed by atoms with E-state index in [9.17, 15) is 0 Å². The average Bonchev–Trinajstić information content (AvgIpc) is 2.03. The van der Waals surface area contributed by atoms with Crippen LogP contribution in [-0.2, 0) is 4.84 Å². The van der Waals surface area contributed by atoms with Gasteiger partial charge in [-0.1, -0.05) is 44.7 Å². The number of hydrogen-bond donors (Lipinski definition) is 2. The maximum absolute atomic E-state index is 8.03. The van der Waals surface area contributed by atoms with Crippen LogP contribution in [0.2, 0.25) is 0 Å². The van der Waals surface area contributed by atoms with Crippen LogP contribution in [0.3, 0.4) is 0 Å². The minimum Gasteiger partial charge on any atom is -0.292 e. The van der Waals surface area contributed by atoms with E-state index in [0.29, 0.717) is 6.61 Å². The third kappa shape index (κ3) is 9.88. The summed E-state index contributed by atoms with van der Waals surface area (Å²) in [6, 6.07) is 0. The van der Waals surface area contributed by atoms with Crippen molar-refractivity contribution in [2.45, 2.75) is 45.4 Å². The lowest BCUT2D eigenvalue weighted by Crippen LogP contribution is -2.08. The molecular formula is C8H19NO2. The van der Waals surface area contributed by atoms with Crippen molar-refractivity contribution >= 4 is 0 Å². The summed E-state index contributed by atoms with van der Waals surface area (Å²) in [5.74, 6) is 0. The fourth-order valence-corrected chi connectivity index (χ4v) is 1.00. The maximum Gasteiger partial charge on any atom is 0.0709 e. The van der Waals surface area contributed by atoms with Crippen LogP contribution in [0.25, 0.3) is 0 Å². The minimum atomic E-state index is 0.600. The molecule has 0 fully saturated rings. The topological polar surface area (TPSA) is 41.5 Å². The molecule has 0 spiro atoms. The van der Waals surface area contributed by atoms with E-state index >= 15 is 0 Å². The second-order valence-electron chi connectivity index (χ2n) is 2.71. The SMILES string of the molecule is CCCCCCCCONO. The van der Waals surface area contributed by atoms with Gasteiger partial charge in [-0.25, -0.2) is 0 Å². The number of unbranched alkanes of at least 4 members (excludes halogenated alkanes) is 5. The first-order chi connectivity index (χ1) is 5.41. The van der Waals surface area contributed by atoms with Crippen LogP contribution in [0.15, 0.2) is 0 Å². The summed E-state index contributed by atoms with van der Waals surface area (Å²) in [6.07, 6.45) is 7.44. The van der Waals surface area contributed by atoms with Gasteiger partial charge in [-0.2, -0.15) is 0 Å². The normalized spacial score (nSPS) is 10.4. The molecule has 0 saturated heterocycles. The predicted octanol–water partition coefficient (Wildman–Crippen LogP) is 2.26. The highest BCUT2D eigenvalue weighted by atomic mass is 16.8. The Balaban J connectivity index is 2.69. The zero-order chi connectivity index (χ0) is 8.36. The van der Waals surface area contributed by atoms with Gasteiger partial charge in [0.1, 0.15) is 0 Å². The van der Waals surface area contributed by atoms with Crippen molar-refractivity contribution in [3.63, 3.8) is 0 Å². The van der Waals surface area contributed by atoms with E-state index < -0.39 is 0 Å². The van der Waals surface area contributed by atoms with Crippen LogP contribution in [0.1, 0.15) is 45.4 Å². The van der Waals surface area contributed by atoms with Gasteiger partial charge in [-0.3, -0.25) is 10.0 Å². The Morgan fingerprint density at radius 1 is 1.09 bits per heavy atom. The second kappa shape index (κ2) is 9.88. The first-order valence-corrected chi connectivity index (χ1v) is 4.42. The Morgan fingerprint density at radius 3 is 2.36 bits per heavy atom. The van der Waals surface area contributed by atoms with Crippen LogP contribution < -0.4 is 5.64 Å². The van der Waals surface area contributed by atoms with Gasteiger partial charge in [0.2, 0.25) is 0 Å². The molecule has 0 aromatic rings. The van der Waals surface area contributed by atoms with Crippen molar-refractivity contribution in [3.8, 4) is 0 Å². The minimum absolute atomic E-state index is 0.600. The highest BCUT2D eigenvalue weighted by Crippen LogP contribution is 2.04. The molecule has 0 radical (unpaired) electrons. The highest BCUT2D eigenvalue weighted by molar-refractivity contribution is 4.42. The average molecular weight is 161 g/mol. The van der Waals surface area contributed by atoms with Gasteiger partial charge >= 0.3 is 0 Å². The molecule has 0 aliphatic rings. The molecule has 0 aliphatic heterocycles. The smallest absolute Gasteiger partial charge is 0.0709 e.